The number of fused-ring (bicyclic) bond motifs is 1. The van der Waals surface area contributed by atoms with E-state index in [-0.39, 0.29) is 17.2 Å². The van der Waals surface area contributed by atoms with Crippen molar-refractivity contribution < 1.29 is 9.53 Å². The number of Topliss-reactive ketones (excluding diaryl/α,β-unsaturated/α-hetero) is 1. The fourth-order valence-corrected chi connectivity index (χ4v) is 5.20. The van der Waals surface area contributed by atoms with Crippen molar-refractivity contribution in [3.63, 3.8) is 0 Å². The van der Waals surface area contributed by atoms with Gasteiger partial charge < -0.3 is 9.72 Å². The number of aromatic nitrogens is 2. The molecule has 0 bridgehead atoms. The SMILES string of the molecule is Cc1[nH]c2cc(OCc3ccccc3)ccc2c1C(=O)[C@@H]1CS[C@H](c2cccnc2)N1. The van der Waals surface area contributed by atoms with Crippen LogP contribution in [0.4, 0.5) is 0 Å². The number of pyridine rings is 1. The Labute approximate surface area is 185 Å². The molecule has 31 heavy (non-hydrogen) atoms. The molecular formula is C25H23N3O2S. The van der Waals surface area contributed by atoms with Crippen LogP contribution in [0, 0.1) is 6.92 Å². The van der Waals surface area contributed by atoms with Crippen LogP contribution in [0.25, 0.3) is 10.9 Å². The first-order valence-electron chi connectivity index (χ1n) is 10.3. The summed E-state index contributed by atoms with van der Waals surface area (Å²) >= 11 is 1.75. The minimum atomic E-state index is -0.220. The van der Waals surface area contributed by atoms with E-state index in [1.54, 1.807) is 18.0 Å². The number of benzene rings is 2. The molecule has 0 unspecified atom stereocenters. The first-order chi connectivity index (χ1) is 15.2. The smallest absolute Gasteiger partial charge is 0.183 e. The second-order valence-corrected chi connectivity index (χ2v) is 8.83. The van der Waals surface area contributed by atoms with Crippen LogP contribution in [0.5, 0.6) is 5.75 Å². The van der Waals surface area contributed by atoms with Crippen molar-refractivity contribution in [3.8, 4) is 5.75 Å². The van der Waals surface area contributed by atoms with Crippen molar-refractivity contribution in [3.05, 3.63) is 95.4 Å². The van der Waals surface area contributed by atoms with Crippen molar-refractivity contribution in [1.29, 1.82) is 0 Å². The summed E-state index contributed by atoms with van der Waals surface area (Å²) < 4.78 is 5.95. The highest BCUT2D eigenvalue weighted by Gasteiger charge is 2.33. The Morgan fingerprint density at radius 1 is 1.16 bits per heavy atom. The summed E-state index contributed by atoms with van der Waals surface area (Å²) in [5.41, 5.74) is 4.78. The number of ketones is 1. The lowest BCUT2D eigenvalue weighted by Crippen LogP contribution is -2.34. The lowest BCUT2D eigenvalue weighted by Gasteiger charge is -2.13. The summed E-state index contributed by atoms with van der Waals surface area (Å²) in [7, 11) is 0. The van der Waals surface area contributed by atoms with Crippen LogP contribution >= 0.6 is 11.8 Å². The summed E-state index contributed by atoms with van der Waals surface area (Å²) in [6, 6.07) is 19.7. The summed E-state index contributed by atoms with van der Waals surface area (Å²) in [4.78, 5) is 20.9. The molecule has 0 spiro atoms. The number of ether oxygens (including phenoxy) is 1. The molecule has 5 nitrogen and oxygen atoms in total. The van der Waals surface area contributed by atoms with Crippen LogP contribution < -0.4 is 10.1 Å². The highest BCUT2D eigenvalue weighted by Crippen LogP contribution is 2.35. The highest BCUT2D eigenvalue weighted by molar-refractivity contribution is 7.99. The van der Waals surface area contributed by atoms with E-state index >= 15 is 0 Å². The molecule has 2 N–H and O–H groups in total. The molecule has 0 radical (unpaired) electrons. The van der Waals surface area contributed by atoms with E-state index < -0.39 is 0 Å². The standard InChI is InChI=1S/C25H23N3O2S/c1-16-23(24(29)22-15-31-25(28-22)18-8-5-11-26-13-18)20-10-9-19(12-21(20)27-16)30-14-17-6-3-2-4-7-17/h2-13,22,25,27-28H,14-15H2,1H3/t22-,25+/m0/s1. The lowest BCUT2D eigenvalue weighted by atomic mass is 10.0. The molecule has 5 rings (SSSR count). The minimum absolute atomic E-state index is 0.0890. The molecule has 0 amide bonds. The third kappa shape index (κ3) is 4.09. The van der Waals surface area contributed by atoms with Crippen LogP contribution in [-0.4, -0.2) is 27.5 Å². The Bertz CT molecular complexity index is 1210. The van der Waals surface area contributed by atoms with Gasteiger partial charge >= 0.3 is 0 Å². The van der Waals surface area contributed by atoms with Crippen molar-refractivity contribution in [2.24, 2.45) is 0 Å². The van der Waals surface area contributed by atoms with Crippen LogP contribution in [0.3, 0.4) is 0 Å². The lowest BCUT2D eigenvalue weighted by molar-refractivity contribution is 0.0956. The zero-order valence-corrected chi connectivity index (χ0v) is 18.0. The second kappa shape index (κ2) is 8.57. The Morgan fingerprint density at radius 3 is 2.84 bits per heavy atom. The molecule has 2 atom stereocenters. The number of nitrogens with one attached hydrogen (secondary N) is 2. The average Bonchev–Trinajstić information content (AvgIpc) is 3.42. The fourth-order valence-electron chi connectivity index (χ4n) is 3.98. The molecule has 0 saturated carbocycles. The summed E-state index contributed by atoms with van der Waals surface area (Å²) in [6.07, 6.45) is 3.62. The number of hydrogen-bond acceptors (Lipinski definition) is 5. The first kappa shape index (κ1) is 19.8. The van der Waals surface area contributed by atoms with Crippen LogP contribution in [0.1, 0.15) is 32.6 Å². The van der Waals surface area contributed by atoms with E-state index in [0.29, 0.717) is 6.61 Å². The Morgan fingerprint density at radius 2 is 2.03 bits per heavy atom. The predicted octanol–water partition coefficient (Wildman–Crippen LogP) is 5.04. The number of nitrogens with zero attached hydrogens (tertiary/aromatic N) is 1. The quantitative estimate of drug-likeness (QED) is 0.421. The minimum Gasteiger partial charge on any atom is -0.489 e. The van der Waals surface area contributed by atoms with Gasteiger partial charge in [-0.1, -0.05) is 36.4 Å². The van der Waals surface area contributed by atoms with Crippen molar-refractivity contribution in [2.75, 3.05) is 5.75 Å². The monoisotopic (exact) mass is 429 g/mol. The summed E-state index contributed by atoms with van der Waals surface area (Å²) in [5, 5.41) is 4.50. The molecule has 6 heteroatoms. The summed E-state index contributed by atoms with van der Waals surface area (Å²) in [5.74, 6) is 1.64. The molecule has 3 heterocycles. The Kier molecular flexibility index (Phi) is 5.49. The van der Waals surface area contributed by atoms with Gasteiger partial charge in [0.25, 0.3) is 0 Å². The van der Waals surface area contributed by atoms with Gasteiger partial charge in [0.1, 0.15) is 12.4 Å². The molecule has 1 saturated heterocycles. The second-order valence-electron chi connectivity index (χ2n) is 7.69. The topological polar surface area (TPSA) is 67.0 Å². The Hall–Kier alpha value is -3.09. The third-order valence-electron chi connectivity index (χ3n) is 5.54. The number of aryl methyl sites for hydroxylation is 1. The molecule has 2 aromatic heterocycles. The summed E-state index contributed by atoms with van der Waals surface area (Å²) in [6.45, 7) is 2.47. The van der Waals surface area contributed by atoms with Gasteiger partial charge in [-0.05, 0) is 36.2 Å². The maximum absolute atomic E-state index is 13.4. The maximum Gasteiger partial charge on any atom is 0.183 e. The number of aromatic amines is 1. The maximum atomic E-state index is 13.4. The van der Waals surface area contributed by atoms with Gasteiger partial charge in [0.15, 0.2) is 5.78 Å². The van der Waals surface area contributed by atoms with Gasteiger partial charge in [-0.25, -0.2) is 0 Å². The van der Waals surface area contributed by atoms with Gasteiger partial charge in [0.05, 0.1) is 16.9 Å². The number of thioether (sulfide) groups is 1. The zero-order valence-electron chi connectivity index (χ0n) is 17.2. The first-order valence-corrected chi connectivity index (χ1v) is 11.3. The van der Waals surface area contributed by atoms with E-state index in [9.17, 15) is 4.79 Å². The van der Waals surface area contributed by atoms with Crippen LogP contribution in [-0.2, 0) is 6.61 Å². The Balaban J connectivity index is 1.34. The zero-order chi connectivity index (χ0) is 21.2. The number of hydrogen-bond donors (Lipinski definition) is 2. The molecule has 0 aliphatic carbocycles. The molecule has 1 aliphatic rings. The average molecular weight is 430 g/mol. The highest BCUT2D eigenvalue weighted by atomic mass is 32.2. The van der Waals surface area contributed by atoms with Gasteiger partial charge in [0.2, 0.25) is 0 Å². The number of H-pyrrole nitrogens is 1. The molecule has 156 valence electrons. The van der Waals surface area contributed by atoms with Crippen molar-refractivity contribution >= 4 is 28.4 Å². The molecule has 2 aromatic carbocycles. The van der Waals surface area contributed by atoms with Crippen molar-refractivity contribution in [2.45, 2.75) is 24.9 Å². The van der Waals surface area contributed by atoms with Gasteiger partial charge in [-0.15, -0.1) is 11.8 Å². The fraction of sp³-hybridized carbons (Fsp3) is 0.200. The molecular weight excluding hydrogens is 406 g/mol. The van der Waals surface area contributed by atoms with E-state index in [0.717, 1.165) is 44.8 Å². The largest absolute Gasteiger partial charge is 0.489 e. The molecule has 4 aromatic rings. The van der Waals surface area contributed by atoms with E-state index in [1.807, 2.05) is 73.8 Å². The van der Waals surface area contributed by atoms with Crippen molar-refractivity contribution in [1.82, 2.24) is 15.3 Å². The normalized spacial score (nSPS) is 18.4. The van der Waals surface area contributed by atoms with E-state index in [2.05, 4.69) is 15.3 Å². The molecule has 1 fully saturated rings. The van der Waals surface area contributed by atoms with Crippen LogP contribution in [0.2, 0.25) is 0 Å². The number of carbonyl (C=O) groups is 1. The molecule has 1 aliphatic heterocycles. The number of carbonyl (C=O) groups excluding carboxylic acids is 1. The van der Waals surface area contributed by atoms with E-state index in [4.69, 9.17) is 4.74 Å². The van der Waals surface area contributed by atoms with Gasteiger partial charge in [-0.3, -0.25) is 15.1 Å². The number of rotatable bonds is 6. The van der Waals surface area contributed by atoms with Gasteiger partial charge in [0, 0.05) is 40.9 Å². The predicted molar refractivity (Wildman–Crippen MR) is 124 cm³/mol. The van der Waals surface area contributed by atoms with Gasteiger partial charge in [-0.2, -0.15) is 0 Å². The van der Waals surface area contributed by atoms with E-state index in [1.165, 1.54) is 0 Å². The van der Waals surface area contributed by atoms with Crippen LogP contribution in [0.15, 0.2) is 73.1 Å². The third-order valence-corrected chi connectivity index (χ3v) is 6.81.